The summed E-state index contributed by atoms with van der Waals surface area (Å²) in [6.45, 7) is -0.871. The van der Waals surface area contributed by atoms with Crippen LogP contribution in [0.2, 0.25) is 0 Å². The van der Waals surface area contributed by atoms with Crippen molar-refractivity contribution in [3.05, 3.63) is 34.4 Å². The molecule has 0 aliphatic rings. The Morgan fingerprint density at radius 1 is 1.38 bits per heavy atom. The summed E-state index contributed by atoms with van der Waals surface area (Å²) >= 11 is 0. The molecule has 11 nitrogen and oxygen atoms in total. The molecule has 0 saturated heterocycles. The number of carbonyl (C=O) groups excluding carboxylic acids is 1. The Kier molecular flexibility index (Phi) is 7.20. The van der Waals surface area contributed by atoms with Crippen LogP contribution in [0, 0.1) is 10.1 Å². The van der Waals surface area contributed by atoms with Crippen LogP contribution in [0.15, 0.2) is 29.4 Å². The van der Waals surface area contributed by atoms with Crippen molar-refractivity contribution in [2.75, 3.05) is 19.1 Å². The molecule has 0 aliphatic carbocycles. The highest BCUT2D eigenvalue weighted by Crippen LogP contribution is 2.23. The molecule has 0 amide bonds. The molecule has 0 bridgehead atoms. The van der Waals surface area contributed by atoms with Gasteiger partial charge < -0.3 is 25.2 Å². The molecule has 0 radical (unpaired) electrons. The molecular formula is C13H17N3O8. The molecule has 0 fully saturated rings. The van der Waals surface area contributed by atoms with Gasteiger partial charge in [-0.25, -0.2) is 4.79 Å². The number of nitrogens with zero attached hydrogens (tertiary/aromatic N) is 2. The Hall–Kier alpha value is -2.60. The van der Waals surface area contributed by atoms with E-state index in [1.165, 1.54) is 24.3 Å². The summed E-state index contributed by atoms with van der Waals surface area (Å²) in [7, 11) is 0.990. The van der Waals surface area contributed by atoms with Gasteiger partial charge in [-0.1, -0.05) is 12.1 Å². The molecule has 0 unspecified atom stereocenters. The number of aliphatic hydroxyl groups excluding tert-OH is 4. The number of esters is 1. The van der Waals surface area contributed by atoms with Crippen molar-refractivity contribution in [3.8, 4) is 0 Å². The fraction of sp³-hybridized carbons (Fsp3) is 0.385. The molecule has 1 rings (SSSR count). The lowest BCUT2D eigenvalue weighted by Gasteiger charge is -2.21. The minimum absolute atomic E-state index is 0.0756. The number of carbonyl (C=O) groups is 1. The monoisotopic (exact) mass is 343 g/mol. The molecule has 0 heterocycles. The third kappa shape index (κ3) is 4.70. The van der Waals surface area contributed by atoms with Gasteiger partial charge in [0.15, 0.2) is 5.71 Å². The Bertz CT molecular complexity index is 621. The fourth-order valence-electron chi connectivity index (χ4n) is 1.67. The fourth-order valence-corrected chi connectivity index (χ4v) is 1.67. The van der Waals surface area contributed by atoms with Crippen LogP contribution in [0.3, 0.4) is 0 Å². The van der Waals surface area contributed by atoms with Crippen molar-refractivity contribution < 1.29 is 34.9 Å². The molecule has 1 aromatic rings. The Morgan fingerprint density at radius 2 is 2.00 bits per heavy atom. The van der Waals surface area contributed by atoms with Crippen LogP contribution in [-0.4, -0.2) is 69.1 Å². The molecule has 3 atom stereocenters. The summed E-state index contributed by atoms with van der Waals surface area (Å²) in [5, 5.41) is 52.1. The second kappa shape index (κ2) is 8.88. The highest BCUT2D eigenvalue weighted by atomic mass is 16.6. The molecular weight excluding hydrogens is 326 g/mol. The minimum Gasteiger partial charge on any atom is -0.464 e. The number of nitrogens with one attached hydrogen (secondary N) is 1. The van der Waals surface area contributed by atoms with Gasteiger partial charge in [0.05, 0.1) is 18.6 Å². The standard InChI is InChI=1S/C13H17N3O8/c1-24-13(21)10(12(20)11(19)9(18)6-17)15-14-7-4-2-3-5-8(7)16(22)23/h2-5,9,11-12,14,17-20H,6H2,1H3/b15-10-/t9-,11-,12-/m1/s1. The van der Waals surface area contributed by atoms with E-state index in [0.29, 0.717) is 0 Å². The number of hydrogen-bond acceptors (Lipinski definition) is 10. The summed E-state index contributed by atoms with van der Waals surface area (Å²) in [6, 6.07) is 5.40. The van der Waals surface area contributed by atoms with Crippen molar-refractivity contribution in [3.63, 3.8) is 0 Å². The molecule has 0 aromatic heterocycles. The number of anilines is 1. The van der Waals surface area contributed by atoms with Gasteiger partial charge in [0.1, 0.15) is 24.0 Å². The first-order valence-electron chi connectivity index (χ1n) is 6.63. The maximum Gasteiger partial charge on any atom is 0.357 e. The molecule has 0 spiro atoms. The van der Waals surface area contributed by atoms with Crippen molar-refractivity contribution in [2.24, 2.45) is 5.10 Å². The number of para-hydroxylation sites is 2. The number of nitro groups is 1. The average Bonchev–Trinajstić information content (AvgIpc) is 2.60. The summed E-state index contributed by atoms with van der Waals surface area (Å²) in [5.74, 6) is -1.14. The molecule has 132 valence electrons. The summed E-state index contributed by atoms with van der Waals surface area (Å²) in [5.41, 5.74) is 1.08. The van der Waals surface area contributed by atoms with Gasteiger partial charge in [-0.2, -0.15) is 5.10 Å². The van der Waals surface area contributed by atoms with E-state index >= 15 is 0 Å². The first kappa shape index (κ1) is 19.4. The van der Waals surface area contributed by atoms with E-state index in [1.54, 1.807) is 0 Å². The van der Waals surface area contributed by atoms with E-state index in [9.17, 15) is 30.2 Å². The average molecular weight is 343 g/mol. The molecule has 5 N–H and O–H groups in total. The summed E-state index contributed by atoms with van der Waals surface area (Å²) < 4.78 is 4.40. The number of methoxy groups -OCH3 is 1. The van der Waals surface area contributed by atoms with Gasteiger partial charge >= 0.3 is 5.97 Å². The lowest BCUT2D eigenvalue weighted by atomic mass is 10.0. The van der Waals surface area contributed by atoms with Gasteiger partial charge in [-0.3, -0.25) is 15.5 Å². The third-order valence-corrected chi connectivity index (χ3v) is 2.98. The quantitative estimate of drug-likeness (QED) is 0.165. The number of hydrogen-bond donors (Lipinski definition) is 5. The van der Waals surface area contributed by atoms with E-state index in [-0.39, 0.29) is 11.4 Å². The van der Waals surface area contributed by atoms with Gasteiger partial charge in [0.2, 0.25) is 0 Å². The maximum absolute atomic E-state index is 11.7. The normalized spacial score (nSPS) is 15.3. The van der Waals surface area contributed by atoms with Crippen LogP contribution in [0.1, 0.15) is 0 Å². The maximum atomic E-state index is 11.7. The largest absolute Gasteiger partial charge is 0.464 e. The van der Waals surface area contributed by atoms with E-state index in [2.05, 4.69) is 15.3 Å². The van der Waals surface area contributed by atoms with Crippen molar-refractivity contribution in [1.82, 2.24) is 0 Å². The van der Waals surface area contributed by atoms with Crippen LogP contribution >= 0.6 is 0 Å². The second-order valence-electron chi connectivity index (χ2n) is 4.56. The van der Waals surface area contributed by atoms with Crippen molar-refractivity contribution in [2.45, 2.75) is 18.3 Å². The predicted molar refractivity (Wildman–Crippen MR) is 81.3 cm³/mol. The number of ether oxygens (including phenoxy) is 1. The van der Waals surface area contributed by atoms with Crippen LogP contribution in [0.25, 0.3) is 0 Å². The molecule has 24 heavy (non-hydrogen) atoms. The SMILES string of the molecule is COC(=O)/C(=N\Nc1ccccc1[N+](=O)[O-])[C@@H](O)[C@H](O)[C@H](O)CO. The van der Waals surface area contributed by atoms with Crippen LogP contribution in [0.4, 0.5) is 11.4 Å². The topological polar surface area (TPSA) is 175 Å². The zero-order chi connectivity index (χ0) is 18.3. The van der Waals surface area contributed by atoms with Crippen molar-refractivity contribution in [1.29, 1.82) is 0 Å². The highest BCUT2D eigenvalue weighted by molar-refractivity contribution is 6.38. The van der Waals surface area contributed by atoms with Crippen LogP contribution < -0.4 is 5.43 Å². The van der Waals surface area contributed by atoms with Crippen molar-refractivity contribution >= 4 is 23.1 Å². The van der Waals surface area contributed by atoms with Gasteiger partial charge in [0.25, 0.3) is 5.69 Å². The Balaban J connectivity index is 3.12. The van der Waals surface area contributed by atoms with Crippen LogP contribution in [-0.2, 0) is 9.53 Å². The highest BCUT2D eigenvalue weighted by Gasteiger charge is 2.33. The number of benzene rings is 1. The Morgan fingerprint density at radius 3 is 2.54 bits per heavy atom. The van der Waals surface area contributed by atoms with Crippen LogP contribution in [0.5, 0.6) is 0 Å². The van der Waals surface area contributed by atoms with E-state index < -0.39 is 41.5 Å². The first-order chi connectivity index (χ1) is 11.3. The van der Waals surface area contributed by atoms with Gasteiger partial charge in [-0.05, 0) is 6.07 Å². The number of aliphatic hydroxyl groups is 4. The zero-order valence-corrected chi connectivity index (χ0v) is 12.6. The van der Waals surface area contributed by atoms with Gasteiger partial charge in [-0.15, -0.1) is 0 Å². The molecule has 0 aliphatic heterocycles. The van der Waals surface area contributed by atoms with E-state index in [1.807, 2.05) is 0 Å². The minimum atomic E-state index is -2.00. The van der Waals surface area contributed by atoms with E-state index in [0.717, 1.165) is 7.11 Å². The third-order valence-electron chi connectivity index (χ3n) is 2.98. The molecule has 1 aromatic carbocycles. The molecule has 0 saturated carbocycles. The lowest BCUT2D eigenvalue weighted by molar-refractivity contribution is -0.384. The first-order valence-corrected chi connectivity index (χ1v) is 6.63. The lowest BCUT2D eigenvalue weighted by Crippen LogP contribution is -2.46. The number of nitro benzene ring substituents is 1. The Labute approximate surface area is 136 Å². The molecule has 11 heteroatoms. The second-order valence-corrected chi connectivity index (χ2v) is 4.56. The predicted octanol–water partition coefficient (Wildman–Crippen LogP) is -1.39. The summed E-state index contributed by atoms with van der Waals surface area (Å²) in [4.78, 5) is 21.9. The van der Waals surface area contributed by atoms with Gasteiger partial charge in [0, 0.05) is 6.07 Å². The smallest absolute Gasteiger partial charge is 0.357 e. The number of rotatable bonds is 8. The zero-order valence-electron chi connectivity index (χ0n) is 12.6. The number of hydrazone groups is 1. The summed E-state index contributed by atoms with van der Waals surface area (Å²) in [6.07, 6.45) is -5.67. The van der Waals surface area contributed by atoms with E-state index in [4.69, 9.17) is 5.11 Å².